The van der Waals surface area contributed by atoms with Crippen LogP contribution in [-0.2, 0) is 9.53 Å². The Morgan fingerprint density at radius 1 is 1.43 bits per heavy atom. The number of phenolic OH excluding ortho intramolecular Hbond substituents is 1. The summed E-state index contributed by atoms with van der Waals surface area (Å²) in [6.45, 7) is 0. The van der Waals surface area contributed by atoms with Crippen molar-refractivity contribution >= 4 is 12.0 Å². The summed E-state index contributed by atoms with van der Waals surface area (Å²) in [6, 6.07) is 6.33. The van der Waals surface area contributed by atoms with Crippen LogP contribution in [0.1, 0.15) is 5.56 Å². The first-order valence-corrected chi connectivity index (χ1v) is 3.98. The third-order valence-corrected chi connectivity index (χ3v) is 1.65. The molecule has 0 saturated carbocycles. The molecule has 0 radical (unpaired) electrons. The number of rotatable bonds is 3. The third kappa shape index (κ3) is 2.52. The third-order valence-electron chi connectivity index (χ3n) is 1.65. The molecule has 1 aromatic carbocycles. The van der Waals surface area contributed by atoms with E-state index < -0.39 is 5.91 Å². The van der Waals surface area contributed by atoms with Crippen LogP contribution in [0, 0.1) is 0 Å². The van der Waals surface area contributed by atoms with Crippen molar-refractivity contribution in [1.82, 2.24) is 0 Å². The molecule has 1 amide bonds. The maximum absolute atomic E-state index is 10.8. The van der Waals surface area contributed by atoms with Crippen molar-refractivity contribution in [2.75, 3.05) is 7.11 Å². The first-order chi connectivity index (χ1) is 6.63. The minimum Gasteiger partial charge on any atom is -0.508 e. The summed E-state index contributed by atoms with van der Waals surface area (Å²) in [6.07, 6.45) is 1.50. The molecule has 0 unspecified atom stereocenters. The number of carbonyl (C=O) groups is 1. The molecule has 0 fully saturated rings. The Balaban J connectivity index is 2.95. The van der Waals surface area contributed by atoms with Crippen molar-refractivity contribution in [2.45, 2.75) is 0 Å². The summed E-state index contributed by atoms with van der Waals surface area (Å²) in [4.78, 5) is 10.8. The van der Waals surface area contributed by atoms with Crippen molar-refractivity contribution in [3.05, 3.63) is 35.6 Å². The number of nitrogens with two attached hydrogens (primary N) is 1. The van der Waals surface area contributed by atoms with Crippen molar-refractivity contribution in [2.24, 2.45) is 5.73 Å². The van der Waals surface area contributed by atoms with Gasteiger partial charge >= 0.3 is 0 Å². The van der Waals surface area contributed by atoms with E-state index in [2.05, 4.69) is 0 Å². The number of aromatic hydroxyl groups is 1. The second-order valence-corrected chi connectivity index (χ2v) is 2.67. The number of carbonyl (C=O) groups excluding carboxylic acids is 1. The largest absolute Gasteiger partial charge is 0.508 e. The van der Waals surface area contributed by atoms with E-state index in [-0.39, 0.29) is 11.5 Å². The van der Waals surface area contributed by atoms with Crippen LogP contribution in [0.5, 0.6) is 5.75 Å². The van der Waals surface area contributed by atoms with Crippen LogP contribution in [0.4, 0.5) is 0 Å². The fraction of sp³-hybridized carbons (Fsp3) is 0.100. The fourth-order valence-electron chi connectivity index (χ4n) is 0.953. The molecule has 3 N–H and O–H groups in total. The summed E-state index contributed by atoms with van der Waals surface area (Å²) in [5.74, 6) is -0.378. The van der Waals surface area contributed by atoms with Gasteiger partial charge in [-0.15, -0.1) is 0 Å². The van der Waals surface area contributed by atoms with Crippen LogP contribution < -0.4 is 5.73 Å². The van der Waals surface area contributed by atoms with Gasteiger partial charge < -0.3 is 15.6 Å². The molecule has 0 saturated heterocycles. The van der Waals surface area contributed by atoms with Crippen LogP contribution >= 0.6 is 0 Å². The highest BCUT2D eigenvalue weighted by atomic mass is 16.5. The maximum atomic E-state index is 10.8. The number of amides is 1. The predicted molar refractivity (Wildman–Crippen MR) is 52.3 cm³/mol. The molecule has 0 aliphatic rings. The van der Waals surface area contributed by atoms with Crippen molar-refractivity contribution in [3.63, 3.8) is 0 Å². The topological polar surface area (TPSA) is 72.6 Å². The Labute approximate surface area is 81.6 Å². The highest BCUT2D eigenvalue weighted by molar-refractivity contribution is 5.94. The van der Waals surface area contributed by atoms with Gasteiger partial charge in [0.15, 0.2) is 5.76 Å². The lowest BCUT2D eigenvalue weighted by Crippen LogP contribution is -2.14. The maximum Gasteiger partial charge on any atom is 0.283 e. The van der Waals surface area contributed by atoms with Crippen LogP contribution in [0.2, 0.25) is 0 Å². The van der Waals surface area contributed by atoms with Gasteiger partial charge in [0.05, 0.1) is 7.11 Å². The van der Waals surface area contributed by atoms with Gasteiger partial charge in [-0.05, 0) is 23.8 Å². The summed E-state index contributed by atoms with van der Waals surface area (Å²) in [5.41, 5.74) is 5.78. The number of hydrogen-bond donors (Lipinski definition) is 2. The monoisotopic (exact) mass is 193 g/mol. The molecule has 1 rings (SSSR count). The van der Waals surface area contributed by atoms with E-state index in [0.717, 1.165) is 5.56 Å². The molecule has 0 bridgehead atoms. The van der Waals surface area contributed by atoms with E-state index in [4.69, 9.17) is 15.6 Å². The fourth-order valence-corrected chi connectivity index (χ4v) is 0.953. The number of methoxy groups -OCH3 is 1. The molecule has 74 valence electrons. The zero-order chi connectivity index (χ0) is 10.6. The molecule has 14 heavy (non-hydrogen) atoms. The molecule has 0 atom stereocenters. The molecular weight excluding hydrogens is 182 g/mol. The van der Waals surface area contributed by atoms with Gasteiger partial charge in [-0.2, -0.15) is 0 Å². The second-order valence-electron chi connectivity index (χ2n) is 2.67. The molecular formula is C10H11NO3. The van der Waals surface area contributed by atoms with Gasteiger partial charge in [0.25, 0.3) is 5.91 Å². The average molecular weight is 193 g/mol. The Morgan fingerprint density at radius 2 is 2.00 bits per heavy atom. The lowest BCUT2D eigenvalue weighted by Gasteiger charge is -2.01. The smallest absolute Gasteiger partial charge is 0.283 e. The van der Waals surface area contributed by atoms with E-state index in [0.29, 0.717) is 0 Å². The van der Waals surface area contributed by atoms with Crippen LogP contribution in [0.15, 0.2) is 30.0 Å². The summed E-state index contributed by atoms with van der Waals surface area (Å²) >= 11 is 0. The van der Waals surface area contributed by atoms with Crippen LogP contribution in [-0.4, -0.2) is 18.1 Å². The van der Waals surface area contributed by atoms with Gasteiger partial charge in [-0.25, -0.2) is 0 Å². The SMILES string of the molecule is COC(=Cc1ccc(O)cc1)C(N)=O. The first-order valence-electron chi connectivity index (χ1n) is 3.98. The number of primary amides is 1. The summed E-state index contributed by atoms with van der Waals surface area (Å²) in [5, 5.41) is 9.01. The number of hydrogen-bond acceptors (Lipinski definition) is 3. The van der Waals surface area contributed by atoms with E-state index in [1.807, 2.05) is 0 Å². The summed E-state index contributed by atoms with van der Waals surface area (Å²) < 4.78 is 4.77. The van der Waals surface area contributed by atoms with Gasteiger partial charge in [0.1, 0.15) is 5.75 Å². The Morgan fingerprint density at radius 3 is 2.43 bits per heavy atom. The van der Waals surface area contributed by atoms with Crippen LogP contribution in [0.3, 0.4) is 0 Å². The molecule has 0 aliphatic heterocycles. The highest BCUT2D eigenvalue weighted by Crippen LogP contribution is 2.12. The average Bonchev–Trinajstić information content (AvgIpc) is 2.16. The molecule has 0 spiro atoms. The van der Waals surface area contributed by atoms with Crippen molar-refractivity contribution in [1.29, 1.82) is 0 Å². The minimum absolute atomic E-state index is 0.0793. The number of benzene rings is 1. The molecule has 0 heterocycles. The van der Waals surface area contributed by atoms with Crippen molar-refractivity contribution < 1.29 is 14.6 Å². The molecule has 4 heteroatoms. The highest BCUT2D eigenvalue weighted by Gasteiger charge is 2.03. The standard InChI is InChI=1S/C10H11NO3/c1-14-9(10(11)13)6-7-2-4-8(12)5-3-7/h2-6,12H,1H3,(H2,11,13). The zero-order valence-electron chi connectivity index (χ0n) is 7.73. The van der Waals surface area contributed by atoms with Crippen molar-refractivity contribution in [3.8, 4) is 5.75 Å². The summed E-state index contributed by atoms with van der Waals surface area (Å²) in [7, 11) is 1.37. The van der Waals surface area contributed by atoms with Gasteiger partial charge in [-0.3, -0.25) is 4.79 Å². The number of ether oxygens (including phenoxy) is 1. The first kappa shape index (κ1) is 10.1. The van der Waals surface area contributed by atoms with Gasteiger partial charge in [-0.1, -0.05) is 12.1 Å². The zero-order valence-corrected chi connectivity index (χ0v) is 7.73. The number of phenols is 1. The Hall–Kier alpha value is -1.97. The van der Waals surface area contributed by atoms with E-state index in [9.17, 15) is 4.79 Å². The Kier molecular flexibility index (Phi) is 3.12. The van der Waals surface area contributed by atoms with Gasteiger partial charge in [0, 0.05) is 0 Å². The molecule has 1 aromatic rings. The van der Waals surface area contributed by atoms with E-state index >= 15 is 0 Å². The Bertz CT molecular complexity index is 354. The molecule has 0 aliphatic carbocycles. The van der Waals surface area contributed by atoms with E-state index in [1.165, 1.54) is 25.3 Å². The minimum atomic E-state index is -0.624. The van der Waals surface area contributed by atoms with E-state index in [1.54, 1.807) is 12.1 Å². The predicted octanol–water partition coefficient (Wildman–Crippen LogP) is 0.865. The lowest BCUT2D eigenvalue weighted by atomic mass is 10.2. The molecule has 4 nitrogen and oxygen atoms in total. The second kappa shape index (κ2) is 4.32. The molecule has 0 aromatic heterocycles. The van der Waals surface area contributed by atoms with Gasteiger partial charge in [0.2, 0.25) is 0 Å². The van der Waals surface area contributed by atoms with Crippen LogP contribution in [0.25, 0.3) is 6.08 Å². The lowest BCUT2D eigenvalue weighted by molar-refractivity contribution is -0.117. The normalized spacial score (nSPS) is 11.1. The quantitative estimate of drug-likeness (QED) is 0.552.